The van der Waals surface area contributed by atoms with Gasteiger partial charge in [0.1, 0.15) is 98.3 Å². The second kappa shape index (κ2) is 37.4. The number of nitrogen functional groups attached to an aromatic ring is 4. The van der Waals surface area contributed by atoms with Crippen LogP contribution in [0.2, 0.25) is 0 Å². The third-order valence-corrected chi connectivity index (χ3v) is 20.3. The predicted molar refractivity (Wildman–Crippen MR) is 431 cm³/mol. The van der Waals surface area contributed by atoms with E-state index in [1.807, 2.05) is 13.8 Å². The van der Waals surface area contributed by atoms with Crippen molar-refractivity contribution in [1.82, 2.24) is 76.4 Å². The van der Waals surface area contributed by atoms with E-state index in [4.69, 9.17) is 76.0 Å². The maximum atomic E-state index is 13.5. The van der Waals surface area contributed by atoms with Gasteiger partial charge >= 0.3 is 34.7 Å². The second-order valence-electron chi connectivity index (χ2n) is 30.2. The summed E-state index contributed by atoms with van der Waals surface area (Å²) in [6, 6.07) is -0.863. The highest BCUT2D eigenvalue weighted by atomic mass is 35.5. The highest BCUT2D eigenvalue weighted by molar-refractivity contribution is 5.86. The van der Waals surface area contributed by atoms with Crippen LogP contribution in [0.25, 0.3) is 44.7 Å². The van der Waals surface area contributed by atoms with Crippen LogP contribution in [-0.2, 0) is 87.9 Å². The number of allylic oxidation sites excluding steroid dienone is 4. The number of nitrogens with zero attached hydrogens (tertiary/aromatic N) is 12. The molecule has 18 atom stereocenters. The average Bonchev–Trinajstić information content (AvgIpc) is 1.57. The number of nitrogens with one attached hydrogen (secondary N) is 4. The van der Waals surface area contributed by atoms with E-state index in [0.29, 0.717) is 0 Å². The molecule has 0 bridgehead atoms. The number of hydrogen-bond donors (Lipinski definition) is 15. The Bertz CT molecular complexity index is 5750. The number of esters is 2. The minimum atomic E-state index is -1.58. The first-order chi connectivity index (χ1) is 56.1. The van der Waals surface area contributed by atoms with E-state index in [9.17, 15) is 83.4 Å². The third kappa shape index (κ3) is 18.2. The van der Waals surface area contributed by atoms with Gasteiger partial charge in [-0.25, -0.2) is 37.4 Å². The molecule has 50 heteroatoms. The van der Waals surface area contributed by atoms with E-state index < -0.39 is 192 Å². The Morgan fingerprint density at radius 2 is 0.744 bits per heavy atom. The number of aliphatic hydroxyl groups is 6. The summed E-state index contributed by atoms with van der Waals surface area (Å²) in [4.78, 5) is 164. The van der Waals surface area contributed by atoms with Crippen molar-refractivity contribution in [2.24, 2.45) is 23.5 Å². The van der Waals surface area contributed by atoms with Gasteiger partial charge in [0, 0.05) is 32.6 Å². The number of carbonyl (C=O) groups is 3. The molecule has 121 heavy (non-hydrogen) atoms. The van der Waals surface area contributed by atoms with Crippen molar-refractivity contribution >= 4 is 111 Å². The SMILES string of the molecule is C=CCn1c(=O)n([C@@H]2O[C@H](CO)[C@@H](O)[C@H]2O)c2nc(N)[nH]c(=O)c21.C=CCn1c(=O)n([C@@H]2O[C@H](CO)[C@H]3OC(C)(C)OC23)c2nc(N)[nH]c(=O)c21.C=CCn1c(=O)n([C@@H]2O[C@H](COC(=O)[C@@H](CC(C)=O)C(C)C)[C@H]3OC(C)(C)OC23)c2nc(N)[nH]c(=O)c21.C=CCn1c(=O)n([C@@H]2O[C@H](COC(=O)[C@@H](N)C(C)C)[C@@H](O)[C@H]2O)c2nc(N)[nH]c(=O)c21.Cl.Cl. The number of ether oxygens (including phenoxy) is 10. The first-order valence-electron chi connectivity index (χ1n) is 37.4. The Hall–Kier alpha value is -10.7. The van der Waals surface area contributed by atoms with Gasteiger partial charge in [-0.2, -0.15) is 19.9 Å². The first-order valence-corrected chi connectivity index (χ1v) is 37.4. The first kappa shape index (κ1) is 94.2. The van der Waals surface area contributed by atoms with Crippen LogP contribution in [0.4, 0.5) is 23.8 Å². The molecule has 6 fully saturated rings. The van der Waals surface area contributed by atoms with Crippen molar-refractivity contribution in [2.75, 3.05) is 49.4 Å². The number of aromatic nitrogens is 16. The molecule has 2 unspecified atom stereocenters. The second-order valence-corrected chi connectivity index (χ2v) is 30.2. The number of nitrogens with two attached hydrogens (primary N) is 5. The molecule has 20 N–H and O–H groups in total. The van der Waals surface area contributed by atoms with Crippen LogP contribution >= 0.6 is 24.8 Å². The Morgan fingerprint density at radius 3 is 1.06 bits per heavy atom. The van der Waals surface area contributed by atoms with Crippen LogP contribution in [0.3, 0.4) is 0 Å². The zero-order valence-electron chi connectivity index (χ0n) is 66.9. The molecule has 0 aliphatic carbocycles. The smallest absolute Gasteiger partial charge is 0.333 e. The minimum absolute atomic E-state index is 0. The number of imidazole rings is 4. The Labute approximate surface area is 694 Å². The van der Waals surface area contributed by atoms with Gasteiger partial charge in [-0.15, -0.1) is 51.1 Å². The van der Waals surface area contributed by atoms with Crippen molar-refractivity contribution in [3.63, 3.8) is 0 Å². The van der Waals surface area contributed by atoms with Crippen LogP contribution < -0.4 is 73.7 Å². The summed E-state index contributed by atoms with van der Waals surface area (Å²) in [5.74, 6) is -4.87. The maximum Gasteiger partial charge on any atom is 0.333 e. The van der Waals surface area contributed by atoms with Gasteiger partial charge in [-0.05, 0) is 46.5 Å². The van der Waals surface area contributed by atoms with E-state index in [1.165, 1.54) is 49.5 Å². The molecule has 8 aromatic heterocycles. The summed E-state index contributed by atoms with van der Waals surface area (Å²) >= 11 is 0. The fourth-order valence-electron chi connectivity index (χ4n) is 14.8. The van der Waals surface area contributed by atoms with E-state index >= 15 is 0 Å². The molecule has 664 valence electrons. The van der Waals surface area contributed by atoms with Crippen LogP contribution in [-0.4, -0.2) is 242 Å². The van der Waals surface area contributed by atoms with E-state index in [-0.39, 0.29) is 157 Å². The highest BCUT2D eigenvalue weighted by Gasteiger charge is 2.59. The molecular formula is C71H99Cl2N21O27. The van der Waals surface area contributed by atoms with Crippen molar-refractivity contribution < 1.29 is 92.4 Å². The number of hydrogen-bond acceptors (Lipinski definition) is 36. The molecule has 8 aromatic rings. The zero-order valence-corrected chi connectivity index (χ0v) is 68.5. The third-order valence-electron chi connectivity index (χ3n) is 20.3. The van der Waals surface area contributed by atoms with Gasteiger partial charge in [0.2, 0.25) is 23.8 Å². The molecule has 6 saturated heterocycles. The van der Waals surface area contributed by atoms with E-state index in [0.717, 1.165) is 18.3 Å². The standard InChI is InChI=1S/C24H33N5O8.C18H26N6O7.C16H21N5O6.C13H17N5O6.2ClH/c1-7-8-28-15-18(26-22(25)27-19(15)31)29(23(28)33)20-17-16(36-24(5,6)37-17)14(35-20)10-34-21(32)13(11(2)3)9-12(4)30;1-4-5-23-10-13(21-17(20)22-14(10)27)24(18(23)29)15-12(26)11(25)8(31-15)6-30-16(28)9(19)7(2)3;1-4-5-20-8-11(18-14(17)19-12(8)23)21(15(20)24)13-10-9(7(6-22)25-13)26-16(2,3)27-10;1-2-3-17-6-9(15-12(14)16-10(6)22)18(13(17)23)11-8(21)7(20)5(4-19)24-11;;/h7,11,13-14,16-17,20H,1,8-10H2,2-6H3,(H3,25,26,27,31);4,7-9,11-12,15,25-26H,1,5-6,19H2,2-3H3,(H3,20,21,22,27);4,7,9-10,13,22H,1,5-6H2,2-3H3,(H3,17,18,19,23);2,5,7-8,11,19-21H,1,3-4H2,(H3,14,15,16,22);2*1H/t13-,14+,16+,17?,20+;8-,9+,11-,12-,15-;7-,9-,10?,13-;5-,7-,8-,11-;;/m0111../s1. The molecule has 0 spiro atoms. The van der Waals surface area contributed by atoms with Crippen molar-refractivity contribution in [2.45, 2.75) is 211 Å². The Balaban J connectivity index is 0.000000184. The van der Waals surface area contributed by atoms with Crippen molar-refractivity contribution in [3.05, 3.63) is 134 Å². The molecule has 6 aliphatic rings. The van der Waals surface area contributed by atoms with E-state index in [1.54, 1.807) is 41.5 Å². The Kier molecular flexibility index (Phi) is 29.1. The van der Waals surface area contributed by atoms with Crippen LogP contribution in [0.5, 0.6) is 0 Å². The van der Waals surface area contributed by atoms with Gasteiger partial charge in [-0.3, -0.25) is 67.0 Å². The number of H-pyrrole nitrogens is 4. The Morgan fingerprint density at radius 1 is 0.455 bits per heavy atom. The fraction of sp³-hybridized carbons (Fsp3) is 0.563. The van der Waals surface area contributed by atoms with Gasteiger partial charge in [-0.1, -0.05) is 52.0 Å². The quantitative estimate of drug-likeness (QED) is 0.0202. The van der Waals surface area contributed by atoms with Gasteiger partial charge < -0.3 is 111 Å². The summed E-state index contributed by atoms with van der Waals surface area (Å²) in [6.45, 7) is 28.6. The molecule has 14 heterocycles. The lowest BCUT2D eigenvalue weighted by molar-refractivity contribution is -0.203. The van der Waals surface area contributed by atoms with Crippen molar-refractivity contribution in [3.8, 4) is 0 Å². The maximum absolute atomic E-state index is 13.5. The van der Waals surface area contributed by atoms with E-state index in [2.05, 4.69) is 66.2 Å². The number of aliphatic hydroxyl groups excluding tert-OH is 6. The normalized spacial score (nSPS) is 25.9. The number of Topliss-reactive ketones (excluding diaryl/α,β-unsaturated/α-hetero) is 1. The lowest BCUT2D eigenvalue weighted by atomic mass is 9.91. The molecule has 48 nitrogen and oxygen atoms in total. The van der Waals surface area contributed by atoms with Crippen LogP contribution in [0.1, 0.15) is 93.6 Å². The highest BCUT2D eigenvalue weighted by Crippen LogP contribution is 2.45. The van der Waals surface area contributed by atoms with Crippen molar-refractivity contribution in [1.29, 1.82) is 0 Å². The zero-order chi connectivity index (χ0) is 87.4. The summed E-state index contributed by atoms with van der Waals surface area (Å²) in [6.07, 6.45) is -11.2. The average molecular weight is 1750 g/mol. The van der Waals surface area contributed by atoms with Crippen LogP contribution in [0, 0.1) is 17.8 Å². The molecule has 0 aromatic carbocycles. The van der Waals surface area contributed by atoms with Crippen LogP contribution in [0.15, 0.2) is 89.0 Å². The molecule has 6 aliphatic heterocycles. The molecule has 0 amide bonds. The molecular weight excluding hydrogens is 1650 g/mol. The largest absolute Gasteiger partial charge is 0.463 e. The lowest BCUT2D eigenvalue weighted by Gasteiger charge is -2.25. The number of aromatic amines is 4. The summed E-state index contributed by atoms with van der Waals surface area (Å²) in [7, 11) is 0. The molecule has 14 rings (SSSR count). The van der Waals surface area contributed by atoms with Gasteiger partial charge in [0.25, 0.3) is 22.2 Å². The van der Waals surface area contributed by atoms with Gasteiger partial charge in [0.15, 0.2) is 81.1 Å². The summed E-state index contributed by atoms with van der Waals surface area (Å²) in [5, 5.41) is 59.8. The number of rotatable bonds is 24. The number of anilines is 4. The number of fused-ring (bicyclic) bond motifs is 6. The minimum Gasteiger partial charge on any atom is -0.463 e. The fourth-order valence-corrected chi connectivity index (χ4v) is 14.8. The number of carbonyl (C=O) groups excluding carboxylic acids is 3. The topological polar surface area (TPSA) is 686 Å². The number of halogens is 2. The van der Waals surface area contributed by atoms with Gasteiger partial charge in [0.05, 0.1) is 19.1 Å². The molecule has 0 saturated carbocycles. The lowest BCUT2D eigenvalue weighted by Crippen LogP contribution is -2.40. The summed E-state index contributed by atoms with van der Waals surface area (Å²) in [5.41, 5.74) is 23.1. The number of ketones is 1. The molecule has 0 radical (unpaired) electrons. The monoisotopic (exact) mass is 1750 g/mol. The summed E-state index contributed by atoms with van der Waals surface area (Å²) < 4.78 is 66.5. The predicted octanol–water partition coefficient (Wildman–Crippen LogP) is -4.16.